The van der Waals surface area contributed by atoms with Gasteiger partial charge in [0.25, 0.3) is 0 Å². The minimum atomic E-state index is -1.09. The maximum Gasteiger partial charge on any atom is 0.337 e. The molecule has 1 unspecified atom stereocenters. The fourth-order valence-electron chi connectivity index (χ4n) is 1.99. The van der Waals surface area contributed by atoms with Gasteiger partial charge in [0.15, 0.2) is 0 Å². The summed E-state index contributed by atoms with van der Waals surface area (Å²) in [4.78, 5) is 11.1. The van der Waals surface area contributed by atoms with Crippen molar-refractivity contribution in [1.29, 1.82) is 0 Å². The third kappa shape index (κ3) is 3.52. The van der Waals surface area contributed by atoms with Gasteiger partial charge in [-0.15, -0.1) is 0 Å². The molecule has 0 saturated carbocycles. The number of carboxylic acid groups (broad SMARTS) is 1. The zero-order valence-electron chi connectivity index (χ0n) is 11.7. The van der Waals surface area contributed by atoms with Crippen LogP contribution in [0.25, 0.3) is 0 Å². The van der Waals surface area contributed by atoms with Gasteiger partial charge < -0.3 is 10.4 Å². The van der Waals surface area contributed by atoms with Crippen molar-refractivity contribution in [1.82, 2.24) is 0 Å². The summed E-state index contributed by atoms with van der Waals surface area (Å²) in [7, 11) is 0. The Hall–Kier alpha value is -2.07. The third-order valence-corrected chi connectivity index (χ3v) is 3.61. The number of halogens is 2. The van der Waals surface area contributed by atoms with Crippen molar-refractivity contribution in [2.45, 2.75) is 19.9 Å². The fourth-order valence-corrected chi connectivity index (χ4v) is 2.19. The quantitative estimate of drug-likeness (QED) is 0.863. The van der Waals surface area contributed by atoms with Gasteiger partial charge in [0.05, 0.1) is 10.6 Å². The van der Waals surface area contributed by atoms with E-state index >= 15 is 0 Å². The van der Waals surface area contributed by atoms with Gasteiger partial charge in [-0.3, -0.25) is 0 Å². The van der Waals surface area contributed by atoms with E-state index in [4.69, 9.17) is 16.7 Å². The molecule has 3 nitrogen and oxygen atoms in total. The van der Waals surface area contributed by atoms with Crippen molar-refractivity contribution in [2.75, 3.05) is 5.32 Å². The molecule has 2 rings (SSSR count). The van der Waals surface area contributed by atoms with E-state index in [9.17, 15) is 9.18 Å². The molecule has 0 amide bonds. The topological polar surface area (TPSA) is 49.3 Å². The summed E-state index contributed by atoms with van der Waals surface area (Å²) in [5.74, 6) is -1.35. The van der Waals surface area contributed by atoms with Gasteiger partial charge in [0, 0.05) is 11.7 Å². The third-order valence-electron chi connectivity index (χ3n) is 3.28. The molecule has 110 valence electrons. The van der Waals surface area contributed by atoms with E-state index < -0.39 is 5.97 Å². The van der Waals surface area contributed by atoms with Gasteiger partial charge in [-0.2, -0.15) is 0 Å². The molecule has 0 bridgehead atoms. The predicted octanol–water partition coefficient (Wildman–Crippen LogP) is 4.66. The summed E-state index contributed by atoms with van der Waals surface area (Å²) in [5.41, 5.74) is 2.02. The largest absolute Gasteiger partial charge is 0.478 e. The summed E-state index contributed by atoms with van der Waals surface area (Å²) >= 11 is 5.82. The lowest BCUT2D eigenvalue weighted by Gasteiger charge is -2.17. The highest BCUT2D eigenvalue weighted by molar-refractivity contribution is 6.33. The second kappa shape index (κ2) is 6.14. The molecule has 0 aliphatic carbocycles. The fraction of sp³-hybridized carbons (Fsp3) is 0.188. The van der Waals surface area contributed by atoms with E-state index in [1.807, 2.05) is 13.0 Å². The van der Waals surface area contributed by atoms with Gasteiger partial charge in [0.2, 0.25) is 0 Å². The van der Waals surface area contributed by atoms with Gasteiger partial charge in [-0.05, 0) is 49.2 Å². The lowest BCUT2D eigenvalue weighted by atomic mass is 10.1. The second-order valence-corrected chi connectivity index (χ2v) is 5.28. The van der Waals surface area contributed by atoms with Gasteiger partial charge in [-0.1, -0.05) is 23.7 Å². The number of aryl methyl sites for hydroxylation is 1. The van der Waals surface area contributed by atoms with Crippen LogP contribution < -0.4 is 5.32 Å². The molecule has 0 saturated heterocycles. The highest BCUT2D eigenvalue weighted by atomic mass is 35.5. The lowest BCUT2D eigenvalue weighted by Crippen LogP contribution is -2.08. The number of rotatable bonds is 4. The number of aromatic carboxylic acids is 1. The molecular formula is C16H15ClFNO2. The number of benzene rings is 2. The standard InChI is InChI=1S/C16H15ClFNO2/c1-9-3-4-11(7-15(9)18)10(2)19-12-5-6-14(17)13(8-12)16(20)21/h3-8,10,19H,1-2H3,(H,20,21). The van der Waals surface area contributed by atoms with Crippen LogP contribution >= 0.6 is 11.6 Å². The first-order valence-corrected chi connectivity index (χ1v) is 6.81. The van der Waals surface area contributed by atoms with Crippen LogP contribution in [-0.2, 0) is 0 Å². The van der Waals surface area contributed by atoms with Gasteiger partial charge >= 0.3 is 5.97 Å². The minimum Gasteiger partial charge on any atom is -0.478 e. The summed E-state index contributed by atoms with van der Waals surface area (Å²) in [5, 5.41) is 12.4. The molecule has 5 heteroatoms. The average Bonchev–Trinajstić information content (AvgIpc) is 2.43. The van der Waals surface area contributed by atoms with Crippen LogP contribution in [0, 0.1) is 12.7 Å². The molecule has 0 radical (unpaired) electrons. The highest BCUT2D eigenvalue weighted by Crippen LogP contribution is 2.25. The van der Waals surface area contributed by atoms with E-state index in [1.54, 1.807) is 19.1 Å². The molecule has 0 aliphatic heterocycles. The Labute approximate surface area is 127 Å². The van der Waals surface area contributed by atoms with Crippen molar-refractivity contribution in [3.05, 3.63) is 63.9 Å². The first-order valence-electron chi connectivity index (χ1n) is 6.44. The Balaban J connectivity index is 2.23. The highest BCUT2D eigenvalue weighted by Gasteiger charge is 2.12. The molecule has 2 N–H and O–H groups in total. The summed E-state index contributed by atoms with van der Waals surface area (Å²) < 4.78 is 13.6. The van der Waals surface area contributed by atoms with Crippen molar-refractivity contribution in [3.8, 4) is 0 Å². The second-order valence-electron chi connectivity index (χ2n) is 4.87. The molecule has 0 aromatic heterocycles. The van der Waals surface area contributed by atoms with Crippen LogP contribution in [0.1, 0.15) is 34.5 Å². The van der Waals surface area contributed by atoms with E-state index in [2.05, 4.69) is 5.32 Å². The minimum absolute atomic E-state index is 0.0314. The van der Waals surface area contributed by atoms with Crippen LogP contribution in [-0.4, -0.2) is 11.1 Å². The SMILES string of the molecule is Cc1ccc(C(C)Nc2ccc(Cl)c(C(=O)O)c2)cc1F. The van der Waals surface area contributed by atoms with Crippen LogP contribution in [0.5, 0.6) is 0 Å². The number of nitrogens with one attached hydrogen (secondary N) is 1. The first-order chi connectivity index (χ1) is 9.88. The Morgan fingerprint density at radius 1 is 1.29 bits per heavy atom. The Morgan fingerprint density at radius 3 is 2.62 bits per heavy atom. The lowest BCUT2D eigenvalue weighted by molar-refractivity contribution is 0.0697. The van der Waals surface area contributed by atoms with Crippen molar-refractivity contribution in [3.63, 3.8) is 0 Å². The van der Waals surface area contributed by atoms with Gasteiger partial charge in [-0.25, -0.2) is 9.18 Å². The van der Waals surface area contributed by atoms with E-state index in [-0.39, 0.29) is 22.4 Å². The number of carboxylic acids is 1. The Bertz CT molecular complexity index is 688. The Kier molecular flexibility index (Phi) is 4.48. The van der Waals surface area contributed by atoms with Gasteiger partial charge in [0.1, 0.15) is 5.82 Å². The van der Waals surface area contributed by atoms with Crippen molar-refractivity contribution < 1.29 is 14.3 Å². The predicted molar refractivity (Wildman–Crippen MR) is 81.6 cm³/mol. The number of carbonyl (C=O) groups is 1. The van der Waals surface area contributed by atoms with E-state index in [1.165, 1.54) is 18.2 Å². The summed E-state index contributed by atoms with van der Waals surface area (Å²) in [6, 6.07) is 9.54. The number of hydrogen-bond acceptors (Lipinski definition) is 2. The zero-order valence-corrected chi connectivity index (χ0v) is 12.4. The molecule has 0 heterocycles. The summed E-state index contributed by atoms with van der Waals surface area (Å²) in [6.45, 7) is 3.58. The smallest absolute Gasteiger partial charge is 0.337 e. The van der Waals surface area contributed by atoms with Crippen molar-refractivity contribution >= 4 is 23.3 Å². The maximum absolute atomic E-state index is 13.6. The average molecular weight is 308 g/mol. The molecular weight excluding hydrogens is 293 g/mol. The van der Waals surface area contributed by atoms with E-state index in [0.29, 0.717) is 11.3 Å². The normalized spacial score (nSPS) is 12.0. The van der Waals surface area contributed by atoms with Crippen LogP contribution in [0.2, 0.25) is 5.02 Å². The zero-order chi connectivity index (χ0) is 15.6. The molecule has 0 fully saturated rings. The number of hydrogen-bond donors (Lipinski definition) is 2. The summed E-state index contributed by atoms with van der Waals surface area (Å²) in [6.07, 6.45) is 0. The van der Waals surface area contributed by atoms with Crippen LogP contribution in [0.3, 0.4) is 0 Å². The van der Waals surface area contributed by atoms with Crippen molar-refractivity contribution in [2.24, 2.45) is 0 Å². The molecule has 1 atom stereocenters. The molecule has 2 aromatic carbocycles. The number of anilines is 1. The van der Waals surface area contributed by atoms with Crippen LogP contribution in [0.15, 0.2) is 36.4 Å². The Morgan fingerprint density at radius 2 is 2.00 bits per heavy atom. The molecule has 2 aromatic rings. The molecule has 0 aliphatic rings. The maximum atomic E-state index is 13.6. The van der Waals surface area contributed by atoms with E-state index in [0.717, 1.165) is 5.56 Å². The molecule has 0 spiro atoms. The first kappa shape index (κ1) is 15.3. The van der Waals surface area contributed by atoms with Crippen LogP contribution in [0.4, 0.5) is 10.1 Å². The monoisotopic (exact) mass is 307 g/mol. The molecule has 21 heavy (non-hydrogen) atoms.